The minimum absolute atomic E-state index is 0.0828. The van der Waals surface area contributed by atoms with Crippen molar-refractivity contribution in [2.75, 3.05) is 0 Å². The smallest absolute Gasteiger partial charge is 0.144 e. The van der Waals surface area contributed by atoms with E-state index in [-0.39, 0.29) is 28.3 Å². The van der Waals surface area contributed by atoms with Gasteiger partial charge in [0.05, 0.1) is 5.92 Å². The maximum atomic E-state index is 12.7. The van der Waals surface area contributed by atoms with Crippen molar-refractivity contribution in [3.63, 3.8) is 0 Å². The number of carbonyl (C=O) groups excluding carboxylic acids is 2. The Morgan fingerprint density at radius 1 is 0.800 bits per heavy atom. The fourth-order valence-electron chi connectivity index (χ4n) is 6.60. The highest BCUT2D eigenvalue weighted by atomic mass is 16.2. The van der Waals surface area contributed by atoms with Crippen LogP contribution in [0, 0.1) is 34.5 Å². The topological polar surface area (TPSA) is 34.1 Å². The molecule has 110 valence electrons. The molecule has 0 aromatic carbocycles. The third-order valence-corrected chi connectivity index (χ3v) is 6.65. The maximum absolute atomic E-state index is 12.7. The van der Waals surface area contributed by atoms with Gasteiger partial charge in [0.15, 0.2) is 0 Å². The van der Waals surface area contributed by atoms with Crippen molar-refractivity contribution in [1.82, 2.24) is 0 Å². The first-order valence-electron chi connectivity index (χ1n) is 8.42. The first-order valence-corrected chi connectivity index (χ1v) is 8.42. The summed E-state index contributed by atoms with van der Waals surface area (Å²) >= 11 is 0. The zero-order valence-corrected chi connectivity index (χ0v) is 12.8. The molecule has 5 aliphatic rings. The summed E-state index contributed by atoms with van der Waals surface area (Å²) in [7, 11) is 0. The Morgan fingerprint density at radius 2 is 1.20 bits per heavy atom. The molecule has 5 aliphatic carbocycles. The van der Waals surface area contributed by atoms with Gasteiger partial charge in [-0.1, -0.05) is 13.8 Å². The van der Waals surface area contributed by atoms with Crippen LogP contribution in [0.4, 0.5) is 0 Å². The lowest BCUT2D eigenvalue weighted by molar-refractivity contribution is -0.157. The molecule has 0 atom stereocenters. The standard InChI is InChI=1S/C18H26O2/c1-17(2)9-14(19)16(15(20)10-17)18-6-11-3-12(7-18)5-13(4-11)8-18/h11-13,16H,3-10H2,1-2H3. The van der Waals surface area contributed by atoms with Gasteiger partial charge in [0.2, 0.25) is 0 Å². The molecule has 0 unspecified atom stereocenters. The van der Waals surface area contributed by atoms with Crippen molar-refractivity contribution >= 4 is 11.6 Å². The van der Waals surface area contributed by atoms with E-state index in [0.717, 1.165) is 17.8 Å². The molecule has 20 heavy (non-hydrogen) atoms. The molecule has 0 amide bonds. The second-order valence-electron chi connectivity index (χ2n) is 9.16. The van der Waals surface area contributed by atoms with Gasteiger partial charge in [-0.3, -0.25) is 9.59 Å². The summed E-state index contributed by atoms with van der Waals surface area (Å²) in [6.07, 6.45) is 8.86. The van der Waals surface area contributed by atoms with Gasteiger partial charge in [0.1, 0.15) is 11.6 Å². The number of Topliss-reactive ketones (excluding diaryl/α,β-unsaturated/α-hetero) is 2. The molecule has 0 aromatic rings. The Bertz CT molecular complexity index is 419. The van der Waals surface area contributed by atoms with Crippen molar-refractivity contribution < 1.29 is 9.59 Å². The predicted octanol–water partition coefficient (Wildman–Crippen LogP) is 3.78. The highest BCUT2D eigenvalue weighted by Crippen LogP contribution is 2.64. The van der Waals surface area contributed by atoms with Crippen molar-refractivity contribution in [3.05, 3.63) is 0 Å². The van der Waals surface area contributed by atoms with E-state index in [1.165, 1.54) is 38.5 Å². The highest BCUT2D eigenvalue weighted by molar-refractivity contribution is 6.06. The summed E-state index contributed by atoms with van der Waals surface area (Å²) in [4.78, 5) is 25.4. The van der Waals surface area contributed by atoms with Gasteiger partial charge in [-0.15, -0.1) is 0 Å². The average molecular weight is 274 g/mol. The predicted molar refractivity (Wildman–Crippen MR) is 77.1 cm³/mol. The van der Waals surface area contributed by atoms with E-state index in [9.17, 15) is 9.59 Å². The van der Waals surface area contributed by atoms with Gasteiger partial charge in [0, 0.05) is 12.8 Å². The van der Waals surface area contributed by atoms with Crippen LogP contribution in [0.25, 0.3) is 0 Å². The number of ketones is 2. The van der Waals surface area contributed by atoms with Crippen LogP contribution in [-0.2, 0) is 9.59 Å². The molecule has 0 radical (unpaired) electrons. The van der Waals surface area contributed by atoms with E-state index < -0.39 is 0 Å². The van der Waals surface area contributed by atoms with Crippen molar-refractivity contribution in [1.29, 1.82) is 0 Å². The van der Waals surface area contributed by atoms with Crippen molar-refractivity contribution in [3.8, 4) is 0 Å². The lowest BCUT2D eigenvalue weighted by Gasteiger charge is -2.59. The lowest BCUT2D eigenvalue weighted by Crippen LogP contribution is -2.55. The molecule has 2 heteroatoms. The second-order valence-corrected chi connectivity index (χ2v) is 9.16. The zero-order chi connectivity index (χ0) is 14.1. The molecule has 4 bridgehead atoms. The second kappa shape index (κ2) is 3.96. The van der Waals surface area contributed by atoms with Crippen molar-refractivity contribution in [2.45, 2.75) is 65.2 Å². The van der Waals surface area contributed by atoms with Crippen LogP contribution in [0.15, 0.2) is 0 Å². The van der Waals surface area contributed by atoms with Crippen molar-refractivity contribution in [2.24, 2.45) is 34.5 Å². The molecule has 0 heterocycles. The van der Waals surface area contributed by atoms with E-state index in [4.69, 9.17) is 0 Å². The molecule has 0 spiro atoms. The first kappa shape index (κ1) is 13.0. The summed E-state index contributed by atoms with van der Waals surface area (Å²) in [6, 6.07) is 0. The van der Waals surface area contributed by atoms with Crippen LogP contribution in [0.5, 0.6) is 0 Å². The van der Waals surface area contributed by atoms with Crippen LogP contribution in [0.3, 0.4) is 0 Å². The molecule has 5 rings (SSSR count). The Labute approximate surface area is 121 Å². The van der Waals surface area contributed by atoms with E-state index in [0.29, 0.717) is 12.8 Å². The number of carbonyl (C=O) groups is 2. The molecular formula is C18H26O2. The Balaban J connectivity index is 1.67. The quantitative estimate of drug-likeness (QED) is 0.682. The van der Waals surface area contributed by atoms with E-state index in [1.54, 1.807) is 0 Å². The highest BCUT2D eigenvalue weighted by Gasteiger charge is 2.59. The minimum Gasteiger partial charge on any atom is -0.299 e. The van der Waals surface area contributed by atoms with Crippen LogP contribution < -0.4 is 0 Å². The fraction of sp³-hybridized carbons (Fsp3) is 0.889. The van der Waals surface area contributed by atoms with Crippen LogP contribution in [0.1, 0.15) is 65.2 Å². The van der Waals surface area contributed by atoms with Gasteiger partial charge < -0.3 is 0 Å². The van der Waals surface area contributed by atoms with Gasteiger partial charge in [0.25, 0.3) is 0 Å². The maximum Gasteiger partial charge on any atom is 0.144 e. The molecule has 5 fully saturated rings. The Hall–Kier alpha value is -0.660. The van der Waals surface area contributed by atoms with E-state index in [2.05, 4.69) is 13.8 Å². The monoisotopic (exact) mass is 274 g/mol. The number of rotatable bonds is 1. The third-order valence-electron chi connectivity index (χ3n) is 6.65. The fourth-order valence-corrected chi connectivity index (χ4v) is 6.60. The summed E-state index contributed by atoms with van der Waals surface area (Å²) < 4.78 is 0. The molecular weight excluding hydrogens is 248 g/mol. The van der Waals surface area contributed by atoms with Gasteiger partial charge >= 0.3 is 0 Å². The van der Waals surface area contributed by atoms with Gasteiger partial charge in [-0.05, 0) is 67.1 Å². The summed E-state index contributed by atoms with van der Waals surface area (Å²) in [6.45, 7) is 4.14. The SMILES string of the molecule is CC1(C)CC(=O)C(C23CC4CC(CC(C4)C2)C3)C(=O)C1. The first-order chi connectivity index (χ1) is 9.37. The Kier molecular flexibility index (Phi) is 2.58. The van der Waals surface area contributed by atoms with Gasteiger partial charge in [-0.25, -0.2) is 0 Å². The van der Waals surface area contributed by atoms with Gasteiger partial charge in [-0.2, -0.15) is 0 Å². The van der Waals surface area contributed by atoms with E-state index >= 15 is 0 Å². The average Bonchev–Trinajstić information content (AvgIpc) is 2.22. The normalized spacial score (nSPS) is 47.0. The molecule has 0 aromatic heterocycles. The Morgan fingerprint density at radius 3 is 1.60 bits per heavy atom. The van der Waals surface area contributed by atoms with E-state index in [1.807, 2.05) is 0 Å². The molecule has 0 aliphatic heterocycles. The molecule has 0 N–H and O–H groups in total. The number of hydrogen-bond acceptors (Lipinski definition) is 2. The minimum atomic E-state index is -0.232. The molecule has 2 nitrogen and oxygen atoms in total. The van der Waals surface area contributed by atoms with Crippen LogP contribution >= 0.6 is 0 Å². The number of hydrogen-bond donors (Lipinski definition) is 0. The lowest BCUT2D eigenvalue weighted by atomic mass is 9.44. The molecule has 5 saturated carbocycles. The van der Waals surface area contributed by atoms with Crippen LogP contribution in [-0.4, -0.2) is 11.6 Å². The molecule has 0 saturated heterocycles. The zero-order valence-electron chi connectivity index (χ0n) is 12.8. The van der Waals surface area contributed by atoms with Crippen LogP contribution in [0.2, 0.25) is 0 Å². The summed E-state index contributed by atoms with van der Waals surface area (Å²) in [5, 5.41) is 0. The summed E-state index contributed by atoms with van der Waals surface area (Å²) in [5.41, 5.74) is -0.0215. The largest absolute Gasteiger partial charge is 0.299 e. The summed E-state index contributed by atoms with van der Waals surface area (Å²) in [5.74, 6) is 2.76. The third kappa shape index (κ3) is 1.83.